The van der Waals surface area contributed by atoms with Crippen LogP contribution >= 0.6 is 15.9 Å². The molecule has 0 amide bonds. The van der Waals surface area contributed by atoms with Crippen molar-refractivity contribution < 1.29 is 13.2 Å². The van der Waals surface area contributed by atoms with Gasteiger partial charge < -0.3 is 0 Å². The molecule has 0 unspecified atom stereocenters. The van der Waals surface area contributed by atoms with E-state index in [-0.39, 0.29) is 11.0 Å². The third-order valence-electron chi connectivity index (χ3n) is 3.68. The molecule has 0 fully saturated rings. The molecule has 2 aromatic carbocycles. The number of pyridine rings is 1. The normalized spacial score (nSPS) is 12.2. The molecule has 3 nitrogen and oxygen atoms in total. The van der Waals surface area contributed by atoms with Gasteiger partial charge in [-0.15, -0.1) is 0 Å². The van der Waals surface area contributed by atoms with Crippen molar-refractivity contribution in [3.8, 4) is 5.69 Å². The molecule has 24 heavy (non-hydrogen) atoms. The van der Waals surface area contributed by atoms with Crippen LogP contribution in [0.3, 0.4) is 0 Å². The smallest absolute Gasteiger partial charge is 0.228 e. The highest BCUT2D eigenvalue weighted by molar-refractivity contribution is 9.10. The Morgan fingerprint density at radius 3 is 2.42 bits per heavy atom. The Morgan fingerprint density at radius 1 is 0.958 bits per heavy atom. The summed E-state index contributed by atoms with van der Waals surface area (Å²) in [6.45, 7) is 0. The maximum atomic E-state index is 13.4. The molecule has 2 heterocycles. The van der Waals surface area contributed by atoms with E-state index in [1.807, 2.05) is 0 Å². The molecule has 0 aliphatic carbocycles. The Kier molecular flexibility index (Phi) is 3.35. The Hall–Kier alpha value is -2.41. The molecule has 4 aromatic rings. The number of nitrogens with zero attached hydrogens (tertiary/aromatic N) is 3. The second-order valence-corrected chi connectivity index (χ2v) is 6.21. The second-order valence-electron chi connectivity index (χ2n) is 5.29. The molecule has 7 heteroatoms. The van der Waals surface area contributed by atoms with Gasteiger partial charge in [0.15, 0.2) is 11.3 Å². The second kappa shape index (κ2) is 5.31. The molecule has 120 valence electrons. The lowest BCUT2D eigenvalue weighted by atomic mass is 10.1. The maximum Gasteiger partial charge on any atom is 0.435 e. The summed E-state index contributed by atoms with van der Waals surface area (Å²) in [5.74, 6) is 0. The van der Waals surface area contributed by atoms with E-state index in [0.717, 1.165) is 4.47 Å². The number of para-hydroxylation sites is 1. The molecule has 0 radical (unpaired) electrons. The van der Waals surface area contributed by atoms with Crippen LogP contribution in [0.4, 0.5) is 13.2 Å². The Morgan fingerprint density at radius 2 is 1.71 bits per heavy atom. The minimum Gasteiger partial charge on any atom is -0.228 e. The van der Waals surface area contributed by atoms with Gasteiger partial charge in [-0.05, 0) is 36.4 Å². The van der Waals surface area contributed by atoms with Gasteiger partial charge in [0.25, 0.3) is 0 Å². The van der Waals surface area contributed by atoms with Gasteiger partial charge in [0, 0.05) is 9.86 Å². The summed E-state index contributed by atoms with van der Waals surface area (Å²) < 4.78 is 42.3. The third kappa shape index (κ3) is 2.45. The first-order chi connectivity index (χ1) is 11.4. The topological polar surface area (TPSA) is 30.7 Å². The zero-order valence-corrected chi connectivity index (χ0v) is 13.6. The Bertz CT molecular complexity index is 1060. The van der Waals surface area contributed by atoms with E-state index in [4.69, 9.17) is 0 Å². The van der Waals surface area contributed by atoms with Gasteiger partial charge in [0.2, 0.25) is 0 Å². The third-order valence-corrected chi connectivity index (χ3v) is 4.17. The minimum atomic E-state index is -4.56. The summed E-state index contributed by atoms with van der Waals surface area (Å²) in [7, 11) is 0. The quantitative estimate of drug-likeness (QED) is 0.437. The fourth-order valence-electron chi connectivity index (χ4n) is 2.63. The number of rotatable bonds is 1. The van der Waals surface area contributed by atoms with E-state index in [1.54, 1.807) is 48.5 Å². The number of hydrogen-bond donors (Lipinski definition) is 0. The molecule has 0 N–H and O–H groups in total. The Labute approximate surface area is 142 Å². The molecule has 0 aliphatic heterocycles. The van der Waals surface area contributed by atoms with Gasteiger partial charge in [-0.3, -0.25) is 0 Å². The van der Waals surface area contributed by atoms with Crippen molar-refractivity contribution in [1.29, 1.82) is 0 Å². The first kappa shape index (κ1) is 15.1. The summed E-state index contributed by atoms with van der Waals surface area (Å²) in [4.78, 5) is 4.41. The van der Waals surface area contributed by atoms with E-state index < -0.39 is 11.9 Å². The van der Waals surface area contributed by atoms with Crippen molar-refractivity contribution in [3.05, 3.63) is 64.8 Å². The summed E-state index contributed by atoms with van der Waals surface area (Å²) in [6.07, 6.45) is -4.56. The lowest BCUT2D eigenvalue weighted by Crippen LogP contribution is -2.07. The van der Waals surface area contributed by atoms with Crippen LogP contribution in [0.15, 0.2) is 59.1 Å². The number of hydrogen-bond acceptors (Lipinski definition) is 2. The monoisotopic (exact) mass is 391 g/mol. The van der Waals surface area contributed by atoms with Crippen molar-refractivity contribution in [3.63, 3.8) is 0 Å². The highest BCUT2D eigenvalue weighted by Gasteiger charge is 2.37. The van der Waals surface area contributed by atoms with E-state index >= 15 is 0 Å². The average Bonchev–Trinajstić information content (AvgIpc) is 2.92. The number of aromatic nitrogens is 3. The van der Waals surface area contributed by atoms with Crippen LogP contribution in [-0.4, -0.2) is 14.8 Å². The van der Waals surface area contributed by atoms with Crippen molar-refractivity contribution in [2.45, 2.75) is 6.18 Å². The first-order valence-corrected chi connectivity index (χ1v) is 7.84. The first-order valence-electron chi connectivity index (χ1n) is 7.05. The highest BCUT2D eigenvalue weighted by Crippen LogP contribution is 2.36. The largest absolute Gasteiger partial charge is 0.435 e. The number of halogens is 4. The molecular weight excluding hydrogens is 383 g/mol. The summed E-state index contributed by atoms with van der Waals surface area (Å²) >= 11 is 3.33. The van der Waals surface area contributed by atoms with Gasteiger partial charge in [0.05, 0.1) is 16.6 Å². The maximum absolute atomic E-state index is 13.4. The lowest BCUT2D eigenvalue weighted by molar-refractivity contribution is -0.140. The Balaban J connectivity index is 2.12. The predicted octanol–water partition coefficient (Wildman–Crippen LogP) is 5.36. The van der Waals surface area contributed by atoms with Crippen LogP contribution in [0.2, 0.25) is 0 Å². The van der Waals surface area contributed by atoms with Gasteiger partial charge in [-0.2, -0.15) is 18.3 Å². The van der Waals surface area contributed by atoms with Crippen molar-refractivity contribution in [2.24, 2.45) is 0 Å². The minimum absolute atomic E-state index is 0.0167. The number of benzene rings is 2. The van der Waals surface area contributed by atoms with E-state index in [2.05, 4.69) is 26.0 Å². The zero-order valence-electron chi connectivity index (χ0n) is 12.0. The number of fused-ring (bicyclic) bond motifs is 2. The molecule has 0 atom stereocenters. The average molecular weight is 392 g/mol. The number of alkyl halides is 3. The van der Waals surface area contributed by atoms with Gasteiger partial charge >= 0.3 is 6.18 Å². The van der Waals surface area contributed by atoms with Gasteiger partial charge in [-0.1, -0.05) is 34.1 Å². The SMILES string of the molecule is FC(F)(F)c1nn(-c2ccccc2)c2nc3ccc(Br)cc3cc12. The molecule has 0 saturated heterocycles. The molecule has 4 rings (SSSR count). The van der Waals surface area contributed by atoms with E-state index in [9.17, 15) is 13.2 Å². The van der Waals surface area contributed by atoms with Crippen LogP contribution in [0.1, 0.15) is 5.69 Å². The summed E-state index contributed by atoms with van der Waals surface area (Å²) in [6, 6.07) is 15.5. The van der Waals surface area contributed by atoms with Crippen molar-refractivity contribution in [2.75, 3.05) is 0 Å². The molecule has 0 aliphatic rings. The summed E-state index contributed by atoms with van der Waals surface area (Å²) in [5, 5.41) is 4.40. The van der Waals surface area contributed by atoms with Gasteiger partial charge in [-0.25, -0.2) is 9.67 Å². The van der Waals surface area contributed by atoms with Crippen LogP contribution in [0.25, 0.3) is 27.6 Å². The molecule has 0 saturated carbocycles. The van der Waals surface area contributed by atoms with Crippen molar-refractivity contribution >= 4 is 37.9 Å². The standard InChI is InChI=1S/C17H9BrF3N3/c18-11-6-7-14-10(8-11)9-13-15(17(19,20)21)23-24(16(13)22-14)12-4-2-1-3-5-12/h1-9H. The fraction of sp³-hybridized carbons (Fsp3) is 0.0588. The molecule has 2 aromatic heterocycles. The lowest BCUT2D eigenvalue weighted by Gasteiger charge is -2.03. The fourth-order valence-corrected chi connectivity index (χ4v) is 3.01. The predicted molar refractivity (Wildman–Crippen MR) is 89.1 cm³/mol. The molecular formula is C17H9BrF3N3. The summed E-state index contributed by atoms with van der Waals surface area (Å²) in [5.41, 5.74) is 0.387. The van der Waals surface area contributed by atoms with Gasteiger partial charge in [0.1, 0.15) is 0 Å². The van der Waals surface area contributed by atoms with E-state index in [0.29, 0.717) is 16.6 Å². The van der Waals surface area contributed by atoms with E-state index in [1.165, 1.54) is 10.7 Å². The zero-order chi connectivity index (χ0) is 16.9. The highest BCUT2D eigenvalue weighted by atomic mass is 79.9. The van der Waals surface area contributed by atoms with Crippen LogP contribution in [0.5, 0.6) is 0 Å². The van der Waals surface area contributed by atoms with Crippen LogP contribution in [0, 0.1) is 0 Å². The van der Waals surface area contributed by atoms with Crippen LogP contribution in [-0.2, 0) is 6.18 Å². The van der Waals surface area contributed by atoms with Crippen LogP contribution < -0.4 is 0 Å². The van der Waals surface area contributed by atoms with Crippen molar-refractivity contribution in [1.82, 2.24) is 14.8 Å². The molecule has 0 spiro atoms. The molecule has 0 bridgehead atoms.